The third kappa shape index (κ3) is 2.55. The van der Waals surface area contributed by atoms with Crippen LogP contribution in [0.5, 0.6) is 0 Å². The molecule has 0 aliphatic heterocycles. The second-order valence-corrected chi connectivity index (χ2v) is 5.05. The van der Waals surface area contributed by atoms with E-state index in [2.05, 4.69) is 17.4 Å². The fourth-order valence-electron chi connectivity index (χ4n) is 2.60. The van der Waals surface area contributed by atoms with Crippen LogP contribution in [0.3, 0.4) is 0 Å². The van der Waals surface area contributed by atoms with Gasteiger partial charge in [-0.15, -0.1) is 0 Å². The Bertz CT molecular complexity index is 608. The standard InChI is InChI=1S/C16H17FN2/c17-13-6-8-15(18)16(10-13)19-14-7-5-11-3-1-2-4-12(11)9-14/h5-10,19H,1-4,18H2. The number of nitrogens with one attached hydrogen (secondary N) is 1. The summed E-state index contributed by atoms with van der Waals surface area (Å²) >= 11 is 0. The first kappa shape index (κ1) is 12.0. The molecule has 0 atom stereocenters. The first-order chi connectivity index (χ1) is 9.22. The lowest BCUT2D eigenvalue weighted by atomic mass is 9.91. The fourth-order valence-corrected chi connectivity index (χ4v) is 2.60. The highest BCUT2D eigenvalue weighted by atomic mass is 19.1. The van der Waals surface area contributed by atoms with Crippen LogP contribution in [0.2, 0.25) is 0 Å². The summed E-state index contributed by atoms with van der Waals surface area (Å²) in [5.41, 5.74) is 10.8. The van der Waals surface area contributed by atoms with Crippen molar-refractivity contribution in [1.82, 2.24) is 0 Å². The summed E-state index contributed by atoms with van der Waals surface area (Å²) in [6, 6.07) is 10.7. The quantitative estimate of drug-likeness (QED) is 0.796. The van der Waals surface area contributed by atoms with Gasteiger partial charge in [0.25, 0.3) is 0 Å². The molecule has 3 N–H and O–H groups in total. The molecule has 0 radical (unpaired) electrons. The molecule has 19 heavy (non-hydrogen) atoms. The maximum atomic E-state index is 13.2. The van der Waals surface area contributed by atoms with Gasteiger partial charge in [-0.3, -0.25) is 0 Å². The van der Waals surface area contributed by atoms with Gasteiger partial charge in [-0.1, -0.05) is 6.07 Å². The number of anilines is 3. The van der Waals surface area contributed by atoms with Crippen molar-refractivity contribution in [1.29, 1.82) is 0 Å². The van der Waals surface area contributed by atoms with Gasteiger partial charge in [0.05, 0.1) is 11.4 Å². The zero-order valence-electron chi connectivity index (χ0n) is 10.7. The Kier molecular flexibility index (Phi) is 3.11. The molecule has 1 aliphatic carbocycles. The molecule has 2 aromatic carbocycles. The van der Waals surface area contributed by atoms with E-state index in [0.29, 0.717) is 11.4 Å². The van der Waals surface area contributed by atoms with E-state index < -0.39 is 0 Å². The maximum Gasteiger partial charge on any atom is 0.125 e. The average molecular weight is 256 g/mol. The molecule has 0 saturated carbocycles. The third-order valence-corrected chi connectivity index (χ3v) is 3.64. The van der Waals surface area contributed by atoms with E-state index in [-0.39, 0.29) is 5.82 Å². The number of nitrogens with two attached hydrogens (primary N) is 1. The molecule has 0 amide bonds. The van der Waals surface area contributed by atoms with Crippen LogP contribution in [0, 0.1) is 5.82 Å². The summed E-state index contributed by atoms with van der Waals surface area (Å²) in [5.74, 6) is -0.283. The van der Waals surface area contributed by atoms with Gasteiger partial charge in [0, 0.05) is 5.69 Å². The summed E-state index contributed by atoms with van der Waals surface area (Å²) in [6.45, 7) is 0. The van der Waals surface area contributed by atoms with Crippen molar-refractivity contribution < 1.29 is 4.39 Å². The second kappa shape index (κ2) is 4.92. The van der Waals surface area contributed by atoms with Crippen molar-refractivity contribution in [2.24, 2.45) is 0 Å². The zero-order chi connectivity index (χ0) is 13.2. The molecule has 2 aromatic rings. The predicted octanol–water partition coefficient (Wildman–Crippen LogP) is 4.03. The number of aryl methyl sites for hydroxylation is 2. The van der Waals surface area contributed by atoms with Crippen LogP contribution in [0.15, 0.2) is 36.4 Å². The minimum absolute atomic E-state index is 0.283. The van der Waals surface area contributed by atoms with Crippen LogP contribution < -0.4 is 11.1 Å². The molecule has 98 valence electrons. The number of fused-ring (bicyclic) bond motifs is 1. The topological polar surface area (TPSA) is 38.0 Å². The van der Waals surface area contributed by atoms with Crippen molar-refractivity contribution in [2.75, 3.05) is 11.1 Å². The van der Waals surface area contributed by atoms with Gasteiger partial charge >= 0.3 is 0 Å². The van der Waals surface area contributed by atoms with Crippen LogP contribution in [0.1, 0.15) is 24.0 Å². The number of nitrogen functional groups attached to an aromatic ring is 1. The van der Waals surface area contributed by atoms with Crippen LogP contribution in [0.25, 0.3) is 0 Å². The van der Waals surface area contributed by atoms with Gasteiger partial charge in [0.15, 0.2) is 0 Å². The Hall–Kier alpha value is -2.03. The first-order valence-corrected chi connectivity index (χ1v) is 6.66. The Morgan fingerprint density at radius 1 is 0.947 bits per heavy atom. The number of hydrogen-bond acceptors (Lipinski definition) is 2. The highest BCUT2D eigenvalue weighted by molar-refractivity contribution is 5.72. The molecule has 0 aromatic heterocycles. The fraction of sp³-hybridized carbons (Fsp3) is 0.250. The molecule has 0 bridgehead atoms. The Morgan fingerprint density at radius 2 is 1.74 bits per heavy atom. The molecule has 3 rings (SSSR count). The average Bonchev–Trinajstić information content (AvgIpc) is 2.43. The number of hydrogen-bond donors (Lipinski definition) is 2. The molecule has 0 heterocycles. The Labute approximate surface area is 112 Å². The van der Waals surface area contributed by atoms with Crippen LogP contribution in [0.4, 0.5) is 21.5 Å². The first-order valence-electron chi connectivity index (χ1n) is 6.66. The van der Waals surface area contributed by atoms with E-state index in [1.165, 1.54) is 36.1 Å². The number of halogens is 1. The molecule has 0 saturated heterocycles. The van der Waals surface area contributed by atoms with Gasteiger partial charge < -0.3 is 11.1 Å². The van der Waals surface area contributed by atoms with Crippen LogP contribution in [-0.4, -0.2) is 0 Å². The van der Waals surface area contributed by atoms with E-state index in [9.17, 15) is 4.39 Å². The lowest BCUT2D eigenvalue weighted by Crippen LogP contribution is -2.04. The highest BCUT2D eigenvalue weighted by Gasteiger charge is 2.10. The van der Waals surface area contributed by atoms with Crippen molar-refractivity contribution in [3.05, 3.63) is 53.3 Å². The largest absolute Gasteiger partial charge is 0.397 e. The van der Waals surface area contributed by atoms with Crippen molar-refractivity contribution in [2.45, 2.75) is 25.7 Å². The number of rotatable bonds is 2. The second-order valence-electron chi connectivity index (χ2n) is 5.05. The summed E-state index contributed by atoms with van der Waals surface area (Å²) in [6.07, 6.45) is 4.82. The monoisotopic (exact) mass is 256 g/mol. The molecule has 1 aliphatic rings. The van der Waals surface area contributed by atoms with Crippen molar-refractivity contribution in [3.63, 3.8) is 0 Å². The van der Waals surface area contributed by atoms with Gasteiger partial charge in [-0.2, -0.15) is 0 Å². The molecular formula is C16H17FN2. The lowest BCUT2D eigenvalue weighted by molar-refractivity contribution is 0.628. The van der Waals surface area contributed by atoms with Gasteiger partial charge in [-0.25, -0.2) is 4.39 Å². The van der Waals surface area contributed by atoms with E-state index in [0.717, 1.165) is 18.5 Å². The maximum absolute atomic E-state index is 13.2. The third-order valence-electron chi connectivity index (χ3n) is 3.64. The van der Waals surface area contributed by atoms with Crippen LogP contribution in [-0.2, 0) is 12.8 Å². The van der Waals surface area contributed by atoms with Crippen molar-refractivity contribution >= 4 is 17.1 Å². The van der Waals surface area contributed by atoms with Gasteiger partial charge in [0.1, 0.15) is 5.82 Å². The van der Waals surface area contributed by atoms with Crippen LogP contribution >= 0.6 is 0 Å². The Balaban J connectivity index is 1.89. The van der Waals surface area contributed by atoms with Gasteiger partial charge in [0.2, 0.25) is 0 Å². The summed E-state index contributed by atoms with van der Waals surface area (Å²) in [5, 5.41) is 3.20. The molecule has 0 unspecified atom stereocenters. The molecule has 2 nitrogen and oxygen atoms in total. The normalized spacial score (nSPS) is 13.9. The number of benzene rings is 2. The molecule has 3 heteroatoms. The summed E-state index contributed by atoms with van der Waals surface area (Å²) < 4.78 is 13.2. The van der Waals surface area contributed by atoms with Crippen molar-refractivity contribution in [3.8, 4) is 0 Å². The minimum Gasteiger partial charge on any atom is -0.397 e. The van der Waals surface area contributed by atoms with E-state index >= 15 is 0 Å². The van der Waals surface area contributed by atoms with E-state index in [1.807, 2.05) is 6.07 Å². The SMILES string of the molecule is Nc1ccc(F)cc1Nc1ccc2c(c1)CCCC2. The lowest BCUT2D eigenvalue weighted by Gasteiger charge is -2.17. The Morgan fingerprint density at radius 3 is 2.58 bits per heavy atom. The molecule has 0 fully saturated rings. The summed E-state index contributed by atoms with van der Waals surface area (Å²) in [4.78, 5) is 0. The van der Waals surface area contributed by atoms with E-state index in [1.54, 1.807) is 6.07 Å². The zero-order valence-corrected chi connectivity index (χ0v) is 10.7. The molecule has 0 spiro atoms. The highest BCUT2D eigenvalue weighted by Crippen LogP contribution is 2.28. The van der Waals surface area contributed by atoms with E-state index in [4.69, 9.17) is 5.73 Å². The smallest absolute Gasteiger partial charge is 0.125 e. The minimum atomic E-state index is -0.283. The van der Waals surface area contributed by atoms with Gasteiger partial charge in [-0.05, 0) is 67.1 Å². The predicted molar refractivity (Wildman–Crippen MR) is 77.2 cm³/mol. The molecular weight excluding hydrogens is 239 g/mol. The summed E-state index contributed by atoms with van der Waals surface area (Å²) in [7, 11) is 0.